The number of fused-ring (bicyclic) bond motifs is 1. The fraction of sp³-hybridized carbons (Fsp3) is 0.158. The van der Waals surface area contributed by atoms with Crippen LogP contribution in [0.5, 0.6) is 0 Å². The Hall–Kier alpha value is -3.12. The summed E-state index contributed by atoms with van der Waals surface area (Å²) in [5, 5.41) is 13.0. The molecule has 0 saturated carbocycles. The van der Waals surface area contributed by atoms with Crippen molar-refractivity contribution in [2.75, 3.05) is 5.32 Å². The van der Waals surface area contributed by atoms with Crippen molar-refractivity contribution in [1.82, 2.24) is 4.98 Å². The molecule has 0 aliphatic carbocycles. The van der Waals surface area contributed by atoms with Crippen molar-refractivity contribution in [3.8, 4) is 11.1 Å². The Kier molecular flexibility index (Phi) is 4.29. The highest BCUT2D eigenvalue weighted by Gasteiger charge is 2.17. The van der Waals surface area contributed by atoms with Crippen LogP contribution in [0.4, 0.5) is 5.82 Å². The van der Waals surface area contributed by atoms with Crippen LogP contribution in [0.25, 0.3) is 22.0 Å². The van der Waals surface area contributed by atoms with Gasteiger partial charge < -0.3 is 21.1 Å². The number of amides is 2. The molecule has 0 spiro atoms. The average Bonchev–Trinajstić information content (AvgIpc) is 2.91. The lowest BCUT2D eigenvalue weighted by Gasteiger charge is -2.08. The summed E-state index contributed by atoms with van der Waals surface area (Å²) in [7, 11) is 0. The summed E-state index contributed by atoms with van der Waals surface area (Å²) in [6.07, 6.45) is -0.554. The monoisotopic (exact) mass is 337 g/mol. The van der Waals surface area contributed by atoms with E-state index in [1.807, 2.05) is 36.4 Å². The predicted octanol–water partition coefficient (Wildman–Crippen LogP) is 2.95. The van der Waals surface area contributed by atoms with Crippen LogP contribution in [-0.2, 0) is 4.79 Å². The van der Waals surface area contributed by atoms with E-state index in [9.17, 15) is 14.7 Å². The maximum atomic E-state index is 11.8. The number of hydrogen-bond donors (Lipinski definition) is 4. The molecule has 128 valence electrons. The van der Waals surface area contributed by atoms with Gasteiger partial charge >= 0.3 is 0 Å². The Morgan fingerprint density at radius 2 is 1.88 bits per heavy atom. The minimum atomic E-state index is -0.612. The number of aromatic amines is 1. The zero-order chi connectivity index (χ0) is 18.1. The van der Waals surface area contributed by atoms with Crippen LogP contribution in [0.1, 0.15) is 35.9 Å². The Morgan fingerprint density at radius 1 is 1.16 bits per heavy atom. The van der Waals surface area contributed by atoms with Gasteiger partial charge in [-0.15, -0.1) is 0 Å². The molecule has 6 nitrogen and oxygen atoms in total. The zero-order valence-electron chi connectivity index (χ0n) is 14.0. The molecule has 0 aliphatic rings. The smallest absolute Gasteiger partial charge is 0.253 e. The molecule has 0 aliphatic heterocycles. The van der Waals surface area contributed by atoms with Crippen molar-refractivity contribution >= 4 is 28.5 Å². The van der Waals surface area contributed by atoms with E-state index >= 15 is 0 Å². The van der Waals surface area contributed by atoms with Crippen LogP contribution in [0.15, 0.2) is 42.5 Å². The second-order valence-corrected chi connectivity index (χ2v) is 5.98. The summed E-state index contributed by atoms with van der Waals surface area (Å²) in [6, 6.07) is 13.2. The van der Waals surface area contributed by atoms with Crippen molar-refractivity contribution in [3.63, 3.8) is 0 Å². The second kappa shape index (κ2) is 6.41. The van der Waals surface area contributed by atoms with Crippen LogP contribution in [0, 0.1) is 0 Å². The molecule has 0 saturated heterocycles. The van der Waals surface area contributed by atoms with E-state index in [-0.39, 0.29) is 11.5 Å². The quantitative estimate of drug-likeness (QED) is 0.588. The molecule has 5 N–H and O–H groups in total. The van der Waals surface area contributed by atoms with Gasteiger partial charge in [-0.05, 0) is 35.7 Å². The van der Waals surface area contributed by atoms with Gasteiger partial charge in [0, 0.05) is 17.8 Å². The van der Waals surface area contributed by atoms with E-state index < -0.39 is 12.0 Å². The molecule has 0 radical (unpaired) electrons. The minimum Gasteiger partial charge on any atom is -0.389 e. The highest BCUT2D eigenvalue weighted by molar-refractivity contribution is 6.13. The largest absolute Gasteiger partial charge is 0.389 e. The van der Waals surface area contributed by atoms with Crippen LogP contribution in [-0.4, -0.2) is 21.9 Å². The number of carbonyl (C=O) groups excluding carboxylic acids is 2. The van der Waals surface area contributed by atoms with E-state index in [1.54, 1.807) is 13.0 Å². The molecule has 25 heavy (non-hydrogen) atoms. The van der Waals surface area contributed by atoms with Crippen LogP contribution >= 0.6 is 0 Å². The van der Waals surface area contributed by atoms with Gasteiger partial charge in [-0.3, -0.25) is 9.59 Å². The number of aliphatic hydroxyl groups is 1. The first-order chi connectivity index (χ1) is 11.9. The number of benzene rings is 2. The fourth-order valence-electron chi connectivity index (χ4n) is 2.88. The van der Waals surface area contributed by atoms with Crippen molar-refractivity contribution in [1.29, 1.82) is 0 Å². The van der Waals surface area contributed by atoms with Gasteiger partial charge in [0.05, 0.1) is 11.7 Å². The Morgan fingerprint density at radius 3 is 2.52 bits per heavy atom. The first kappa shape index (κ1) is 16.7. The number of hydrogen-bond acceptors (Lipinski definition) is 3. The number of nitrogens with one attached hydrogen (secondary N) is 2. The summed E-state index contributed by atoms with van der Waals surface area (Å²) >= 11 is 0. The number of nitrogens with two attached hydrogens (primary N) is 1. The molecule has 0 fully saturated rings. The van der Waals surface area contributed by atoms with Gasteiger partial charge in [-0.25, -0.2) is 0 Å². The number of aromatic nitrogens is 1. The molecule has 1 heterocycles. The lowest BCUT2D eigenvalue weighted by Crippen LogP contribution is -2.15. The van der Waals surface area contributed by atoms with E-state index in [4.69, 9.17) is 5.73 Å². The summed E-state index contributed by atoms with van der Waals surface area (Å²) in [5.74, 6) is -0.609. The summed E-state index contributed by atoms with van der Waals surface area (Å²) in [4.78, 5) is 26.2. The summed E-state index contributed by atoms with van der Waals surface area (Å²) in [6.45, 7) is 3.08. The zero-order valence-corrected chi connectivity index (χ0v) is 14.0. The van der Waals surface area contributed by atoms with Crippen molar-refractivity contribution in [2.24, 2.45) is 5.73 Å². The SMILES string of the molecule is CC(=O)Nc1[nH]c2cc(-c3cccc(C(C)O)c3)ccc2c1C(N)=O. The number of primary amides is 1. The average molecular weight is 337 g/mol. The third-order valence-corrected chi connectivity index (χ3v) is 4.05. The molecule has 3 rings (SSSR count). The van der Waals surface area contributed by atoms with Gasteiger partial charge in [-0.1, -0.05) is 30.3 Å². The fourth-order valence-corrected chi connectivity index (χ4v) is 2.88. The third kappa shape index (κ3) is 3.25. The molecule has 0 bridgehead atoms. The van der Waals surface area contributed by atoms with Crippen LogP contribution in [0.2, 0.25) is 0 Å². The molecule has 1 unspecified atom stereocenters. The van der Waals surface area contributed by atoms with E-state index in [0.717, 1.165) is 16.7 Å². The first-order valence-electron chi connectivity index (χ1n) is 7.88. The highest BCUT2D eigenvalue weighted by Crippen LogP contribution is 2.31. The topological polar surface area (TPSA) is 108 Å². The van der Waals surface area contributed by atoms with Gasteiger partial charge in [0.25, 0.3) is 5.91 Å². The molecular weight excluding hydrogens is 318 g/mol. The molecule has 1 atom stereocenters. The van der Waals surface area contributed by atoms with Gasteiger partial charge in [0.1, 0.15) is 5.82 Å². The molecule has 3 aromatic rings. The maximum absolute atomic E-state index is 11.8. The van der Waals surface area contributed by atoms with E-state index in [1.165, 1.54) is 6.92 Å². The standard InChI is InChI=1S/C19H19N3O3/c1-10(23)12-4-3-5-13(8-12)14-6-7-15-16(9-14)22-19(21-11(2)24)17(15)18(20)25/h3-10,22-23H,1-2H3,(H2,20,25)(H,21,24). The summed E-state index contributed by atoms with van der Waals surface area (Å²) in [5.41, 5.74) is 9.10. The molecule has 2 amide bonds. The maximum Gasteiger partial charge on any atom is 0.253 e. The normalized spacial score (nSPS) is 12.1. The summed E-state index contributed by atoms with van der Waals surface area (Å²) < 4.78 is 0. The van der Waals surface area contributed by atoms with E-state index in [0.29, 0.717) is 16.7 Å². The van der Waals surface area contributed by atoms with Crippen molar-refractivity contribution in [2.45, 2.75) is 20.0 Å². The predicted molar refractivity (Wildman–Crippen MR) is 97.2 cm³/mol. The van der Waals surface area contributed by atoms with Gasteiger partial charge in [0.2, 0.25) is 5.91 Å². The molecule has 1 aromatic heterocycles. The van der Waals surface area contributed by atoms with Crippen molar-refractivity contribution in [3.05, 3.63) is 53.6 Å². The van der Waals surface area contributed by atoms with Crippen LogP contribution in [0.3, 0.4) is 0 Å². The van der Waals surface area contributed by atoms with E-state index in [2.05, 4.69) is 10.3 Å². The number of aliphatic hydroxyl groups excluding tert-OH is 1. The third-order valence-electron chi connectivity index (χ3n) is 4.05. The highest BCUT2D eigenvalue weighted by atomic mass is 16.3. The number of carbonyl (C=O) groups is 2. The Labute approximate surface area is 144 Å². The van der Waals surface area contributed by atoms with Crippen LogP contribution < -0.4 is 11.1 Å². The Bertz CT molecular complexity index is 973. The first-order valence-corrected chi connectivity index (χ1v) is 7.88. The number of rotatable bonds is 4. The Balaban J connectivity index is 2.13. The number of anilines is 1. The lowest BCUT2D eigenvalue weighted by atomic mass is 9.99. The molecule has 6 heteroatoms. The molecule has 2 aromatic carbocycles. The lowest BCUT2D eigenvalue weighted by molar-refractivity contribution is -0.114. The minimum absolute atomic E-state index is 0.259. The number of H-pyrrole nitrogens is 1. The molecular formula is C19H19N3O3. The second-order valence-electron chi connectivity index (χ2n) is 5.98. The van der Waals surface area contributed by atoms with Crippen molar-refractivity contribution < 1.29 is 14.7 Å². The van der Waals surface area contributed by atoms with Gasteiger partial charge in [-0.2, -0.15) is 0 Å². The van der Waals surface area contributed by atoms with Gasteiger partial charge in [0.15, 0.2) is 0 Å².